The summed E-state index contributed by atoms with van der Waals surface area (Å²) in [5.41, 5.74) is 2.13. The van der Waals surface area contributed by atoms with E-state index < -0.39 is 9.84 Å². The Morgan fingerprint density at radius 3 is 2.31 bits per heavy atom. The summed E-state index contributed by atoms with van der Waals surface area (Å²) in [4.78, 5) is 12.2. The Morgan fingerprint density at radius 2 is 1.73 bits per heavy atom. The van der Waals surface area contributed by atoms with Crippen molar-refractivity contribution >= 4 is 21.4 Å². The van der Waals surface area contributed by atoms with Crippen LogP contribution < -0.4 is 5.32 Å². The first-order valence-corrected chi connectivity index (χ1v) is 10.7. The summed E-state index contributed by atoms with van der Waals surface area (Å²) < 4.78 is 22.9. The molecule has 1 amide bonds. The molecule has 0 bridgehead atoms. The average molecular weight is 373 g/mol. The van der Waals surface area contributed by atoms with Crippen LogP contribution in [0.5, 0.6) is 0 Å². The minimum atomic E-state index is -3.36. The lowest BCUT2D eigenvalue weighted by Gasteiger charge is -2.20. The molecule has 0 unspecified atom stereocenters. The number of benzene rings is 1. The lowest BCUT2D eigenvalue weighted by atomic mass is 9.87. The zero-order valence-corrected chi connectivity index (χ0v) is 15.6. The molecule has 3 rings (SSSR count). The van der Waals surface area contributed by atoms with Gasteiger partial charge in [-0.15, -0.1) is 10.2 Å². The maximum Gasteiger partial charge on any atom is 0.224 e. The lowest BCUT2D eigenvalue weighted by molar-refractivity contribution is -0.117. The molecule has 2 aromatic rings. The number of carbonyl (C=O) groups excluding carboxylic acids is 1. The van der Waals surface area contributed by atoms with E-state index >= 15 is 0 Å². The normalized spacial score (nSPS) is 15.6. The number of hydrogen-bond donors (Lipinski definition) is 1. The summed E-state index contributed by atoms with van der Waals surface area (Å²) in [7, 11) is -3.36. The van der Waals surface area contributed by atoms with E-state index in [0.29, 0.717) is 18.0 Å². The Balaban J connectivity index is 1.62. The molecule has 0 aliphatic heterocycles. The van der Waals surface area contributed by atoms with Gasteiger partial charge >= 0.3 is 0 Å². The van der Waals surface area contributed by atoms with E-state index in [1.54, 1.807) is 6.07 Å². The highest BCUT2D eigenvalue weighted by molar-refractivity contribution is 7.90. The Bertz CT molecular complexity index is 856. The molecule has 0 atom stereocenters. The van der Waals surface area contributed by atoms with E-state index in [9.17, 15) is 13.2 Å². The number of nitrogens with zero attached hydrogens (tertiary/aromatic N) is 2. The van der Waals surface area contributed by atoms with Crippen LogP contribution in [-0.4, -0.2) is 30.8 Å². The topological polar surface area (TPSA) is 89.0 Å². The first kappa shape index (κ1) is 18.5. The molecule has 0 saturated heterocycles. The maximum atomic E-state index is 12.2. The van der Waals surface area contributed by atoms with Gasteiger partial charge in [0.25, 0.3) is 0 Å². The molecule has 1 aromatic heterocycles. The second-order valence-corrected chi connectivity index (χ2v) is 8.83. The molecule has 1 aliphatic carbocycles. The maximum absolute atomic E-state index is 12.2. The number of aromatic nitrogens is 2. The van der Waals surface area contributed by atoms with Crippen LogP contribution in [0.15, 0.2) is 41.4 Å². The van der Waals surface area contributed by atoms with E-state index in [1.807, 2.05) is 24.3 Å². The first-order chi connectivity index (χ1) is 12.4. The van der Waals surface area contributed by atoms with Crippen LogP contribution in [0.3, 0.4) is 0 Å². The fraction of sp³-hybridized carbons (Fsp3) is 0.421. The van der Waals surface area contributed by atoms with Crippen molar-refractivity contribution in [1.29, 1.82) is 0 Å². The molecule has 1 heterocycles. The molecule has 7 heteroatoms. The summed E-state index contributed by atoms with van der Waals surface area (Å²) in [5.74, 6) is 0.564. The fourth-order valence-corrected chi connectivity index (χ4v) is 3.77. The summed E-state index contributed by atoms with van der Waals surface area (Å²) in [5, 5.41) is 10.6. The zero-order chi connectivity index (χ0) is 18.6. The van der Waals surface area contributed by atoms with Crippen molar-refractivity contribution in [2.24, 2.45) is 5.92 Å². The van der Waals surface area contributed by atoms with Gasteiger partial charge in [-0.05, 0) is 43.0 Å². The van der Waals surface area contributed by atoms with E-state index in [2.05, 4.69) is 15.5 Å². The molecule has 26 heavy (non-hydrogen) atoms. The van der Waals surface area contributed by atoms with Crippen molar-refractivity contribution in [3.63, 3.8) is 0 Å². The monoisotopic (exact) mass is 373 g/mol. The number of anilines is 1. The van der Waals surface area contributed by atoms with Gasteiger partial charge in [0.2, 0.25) is 5.91 Å². The van der Waals surface area contributed by atoms with Gasteiger partial charge in [0, 0.05) is 23.9 Å². The standard InChI is InChI=1S/C19H23N3O3S/c1-26(24,25)19-12-11-17(21-22-19)15-7-9-16(10-8-15)20-18(23)13-14-5-3-2-4-6-14/h7-12,14H,2-6,13H2,1H3,(H,20,23). The Labute approximate surface area is 154 Å². The van der Waals surface area contributed by atoms with Crippen LogP contribution in [0, 0.1) is 5.92 Å². The highest BCUT2D eigenvalue weighted by Crippen LogP contribution is 2.27. The predicted octanol–water partition coefficient (Wildman–Crippen LogP) is 3.46. The van der Waals surface area contributed by atoms with Crippen LogP contribution in [0.2, 0.25) is 0 Å². The van der Waals surface area contributed by atoms with Crippen LogP contribution in [-0.2, 0) is 14.6 Å². The summed E-state index contributed by atoms with van der Waals surface area (Å²) in [6.45, 7) is 0. The zero-order valence-electron chi connectivity index (χ0n) is 14.8. The smallest absolute Gasteiger partial charge is 0.224 e. The van der Waals surface area contributed by atoms with Crippen molar-refractivity contribution < 1.29 is 13.2 Å². The van der Waals surface area contributed by atoms with Gasteiger partial charge in [0.15, 0.2) is 14.9 Å². The van der Waals surface area contributed by atoms with Crippen LogP contribution in [0.4, 0.5) is 5.69 Å². The number of carbonyl (C=O) groups is 1. The van der Waals surface area contributed by atoms with Gasteiger partial charge in [-0.3, -0.25) is 4.79 Å². The summed E-state index contributed by atoms with van der Waals surface area (Å²) >= 11 is 0. The van der Waals surface area contributed by atoms with Gasteiger partial charge in [-0.25, -0.2) is 8.42 Å². The van der Waals surface area contributed by atoms with Gasteiger partial charge in [-0.2, -0.15) is 0 Å². The van der Waals surface area contributed by atoms with E-state index in [4.69, 9.17) is 0 Å². The molecule has 1 fully saturated rings. The summed E-state index contributed by atoms with van der Waals surface area (Å²) in [6, 6.07) is 10.4. The van der Waals surface area contributed by atoms with Gasteiger partial charge < -0.3 is 5.32 Å². The second kappa shape index (κ2) is 7.95. The quantitative estimate of drug-likeness (QED) is 0.867. The molecule has 1 saturated carbocycles. The predicted molar refractivity (Wildman–Crippen MR) is 100 cm³/mol. The Hall–Kier alpha value is -2.28. The third-order valence-corrected chi connectivity index (χ3v) is 5.66. The summed E-state index contributed by atoms with van der Waals surface area (Å²) in [6.07, 6.45) is 7.72. The molecule has 1 aliphatic rings. The van der Waals surface area contributed by atoms with E-state index in [0.717, 1.165) is 30.3 Å². The minimum absolute atomic E-state index is 0.0483. The first-order valence-electron chi connectivity index (χ1n) is 8.86. The van der Waals surface area contributed by atoms with Crippen LogP contribution in [0.25, 0.3) is 11.3 Å². The number of sulfone groups is 1. The lowest BCUT2D eigenvalue weighted by Crippen LogP contribution is -2.18. The van der Waals surface area contributed by atoms with Crippen molar-refractivity contribution in [2.75, 3.05) is 11.6 Å². The largest absolute Gasteiger partial charge is 0.326 e. The molecule has 6 nitrogen and oxygen atoms in total. The van der Waals surface area contributed by atoms with Crippen molar-refractivity contribution in [2.45, 2.75) is 43.6 Å². The molecule has 1 N–H and O–H groups in total. The van der Waals surface area contributed by atoms with Gasteiger partial charge in [-0.1, -0.05) is 31.4 Å². The van der Waals surface area contributed by atoms with Gasteiger partial charge in [0.05, 0.1) is 5.69 Å². The average Bonchev–Trinajstić information content (AvgIpc) is 2.62. The number of amides is 1. The third kappa shape index (κ3) is 4.88. The highest BCUT2D eigenvalue weighted by Gasteiger charge is 2.17. The van der Waals surface area contributed by atoms with Crippen molar-refractivity contribution in [3.8, 4) is 11.3 Å². The van der Waals surface area contributed by atoms with Gasteiger partial charge in [0.1, 0.15) is 0 Å². The molecule has 0 radical (unpaired) electrons. The molecule has 138 valence electrons. The van der Waals surface area contributed by atoms with E-state index in [1.165, 1.54) is 25.3 Å². The Morgan fingerprint density at radius 1 is 1.04 bits per heavy atom. The fourth-order valence-electron chi connectivity index (χ4n) is 3.26. The minimum Gasteiger partial charge on any atom is -0.326 e. The number of hydrogen-bond acceptors (Lipinski definition) is 5. The molecule has 1 aromatic carbocycles. The van der Waals surface area contributed by atoms with Crippen LogP contribution in [0.1, 0.15) is 38.5 Å². The number of nitrogens with one attached hydrogen (secondary N) is 1. The van der Waals surface area contributed by atoms with Crippen molar-refractivity contribution in [1.82, 2.24) is 10.2 Å². The molecule has 0 spiro atoms. The highest BCUT2D eigenvalue weighted by atomic mass is 32.2. The van der Waals surface area contributed by atoms with E-state index in [-0.39, 0.29) is 10.9 Å². The van der Waals surface area contributed by atoms with Crippen molar-refractivity contribution in [3.05, 3.63) is 36.4 Å². The van der Waals surface area contributed by atoms with Crippen LogP contribution >= 0.6 is 0 Å². The second-order valence-electron chi connectivity index (χ2n) is 6.86. The molecular formula is C19H23N3O3S. The Kier molecular flexibility index (Phi) is 5.66. The molecular weight excluding hydrogens is 350 g/mol. The SMILES string of the molecule is CS(=O)(=O)c1ccc(-c2ccc(NC(=O)CC3CCCCC3)cc2)nn1. The number of rotatable bonds is 5. The third-order valence-electron chi connectivity index (χ3n) is 4.68.